The van der Waals surface area contributed by atoms with Crippen molar-refractivity contribution in [1.82, 2.24) is 10.3 Å². The summed E-state index contributed by atoms with van der Waals surface area (Å²) in [5.74, 6) is -0.313. The number of rotatable bonds is 5. The van der Waals surface area contributed by atoms with Gasteiger partial charge in [-0.15, -0.1) is 0 Å². The average Bonchev–Trinajstić information content (AvgIpc) is 2.76. The largest absolute Gasteiger partial charge is 0.441 e. The Morgan fingerprint density at radius 2 is 2.11 bits per heavy atom. The number of hydrogen-bond donors (Lipinski definition) is 2. The lowest BCUT2D eigenvalue weighted by molar-refractivity contribution is -0.124. The topological polar surface area (TPSA) is 98.2 Å². The zero-order valence-corrected chi connectivity index (χ0v) is 9.68. The lowest BCUT2D eigenvalue weighted by atomic mass is 10.3. The number of nitrogens with one attached hydrogen (secondary N) is 1. The minimum atomic E-state index is -0.565. The lowest BCUT2D eigenvalue weighted by Crippen LogP contribution is -2.33. The molecule has 0 aliphatic heterocycles. The molecule has 0 atom stereocenters. The van der Waals surface area contributed by atoms with Crippen molar-refractivity contribution in [1.29, 1.82) is 0 Å². The molecule has 6 heteroatoms. The van der Waals surface area contributed by atoms with E-state index in [4.69, 9.17) is 10.2 Å². The van der Waals surface area contributed by atoms with Gasteiger partial charge in [0.2, 0.25) is 11.8 Å². The molecule has 3 N–H and O–H groups in total. The number of nitrogens with zero attached hydrogens (tertiary/aromatic N) is 1. The van der Waals surface area contributed by atoms with E-state index in [9.17, 15) is 9.59 Å². The zero-order valence-electron chi connectivity index (χ0n) is 9.68. The number of primary amides is 1. The van der Waals surface area contributed by atoms with Gasteiger partial charge in [0, 0.05) is 12.8 Å². The van der Waals surface area contributed by atoms with Crippen LogP contribution in [0.1, 0.15) is 12.3 Å². The van der Waals surface area contributed by atoms with E-state index in [1.165, 1.54) is 0 Å². The normalized spacial score (nSPS) is 10.4. The average molecular weight is 247 g/mol. The van der Waals surface area contributed by atoms with E-state index in [1.54, 1.807) is 0 Å². The van der Waals surface area contributed by atoms with Crippen molar-refractivity contribution in [3.8, 4) is 0 Å². The number of nitrogens with two attached hydrogens (primary N) is 1. The minimum Gasteiger partial charge on any atom is -0.441 e. The van der Waals surface area contributed by atoms with Gasteiger partial charge in [-0.2, -0.15) is 0 Å². The van der Waals surface area contributed by atoms with Crippen molar-refractivity contribution < 1.29 is 14.0 Å². The van der Waals surface area contributed by atoms with Crippen molar-refractivity contribution >= 4 is 22.9 Å². The quantitative estimate of drug-likeness (QED) is 0.797. The van der Waals surface area contributed by atoms with Crippen molar-refractivity contribution in [3.05, 3.63) is 30.2 Å². The SMILES string of the molecule is NC(=O)CNC(=O)CCc1nc2ccccc2o1. The first kappa shape index (κ1) is 12.1. The molecular weight excluding hydrogens is 234 g/mol. The van der Waals surface area contributed by atoms with Gasteiger partial charge in [0.15, 0.2) is 11.5 Å². The molecule has 0 bridgehead atoms. The number of para-hydroxylation sites is 2. The van der Waals surface area contributed by atoms with Crippen LogP contribution in [0.4, 0.5) is 0 Å². The van der Waals surface area contributed by atoms with E-state index in [-0.39, 0.29) is 18.9 Å². The third-order valence-electron chi connectivity index (χ3n) is 2.36. The van der Waals surface area contributed by atoms with Crippen molar-refractivity contribution in [2.24, 2.45) is 5.73 Å². The van der Waals surface area contributed by atoms with Crippen LogP contribution in [0, 0.1) is 0 Å². The molecule has 94 valence electrons. The highest BCUT2D eigenvalue weighted by Crippen LogP contribution is 2.15. The summed E-state index contributed by atoms with van der Waals surface area (Å²) in [6, 6.07) is 7.39. The second-order valence-corrected chi connectivity index (χ2v) is 3.82. The summed E-state index contributed by atoms with van der Waals surface area (Å²) in [5.41, 5.74) is 6.38. The summed E-state index contributed by atoms with van der Waals surface area (Å²) in [6.45, 7) is -0.146. The van der Waals surface area contributed by atoms with Gasteiger partial charge in [-0.3, -0.25) is 9.59 Å². The van der Waals surface area contributed by atoms with Crippen molar-refractivity contribution in [2.75, 3.05) is 6.54 Å². The van der Waals surface area contributed by atoms with Gasteiger partial charge in [-0.25, -0.2) is 4.98 Å². The van der Waals surface area contributed by atoms with E-state index in [0.29, 0.717) is 17.9 Å². The number of amides is 2. The number of oxazole rings is 1. The number of benzene rings is 1. The summed E-state index contributed by atoms with van der Waals surface area (Å²) in [7, 11) is 0. The second-order valence-electron chi connectivity index (χ2n) is 3.82. The monoisotopic (exact) mass is 247 g/mol. The molecular formula is C12H13N3O3. The fourth-order valence-corrected chi connectivity index (χ4v) is 1.52. The molecule has 0 unspecified atom stereocenters. The van der Waals surface area contributed by atoms with Crippen LogP contribution in [0.5, 0.6) is 0 Å². The van der Waals surface area contributed by atoms with E-state index in [0.717, 1.165) is 5.52 Å². The molecule has 2 amide bonds. The predicted molar refractivity (Wildman–Crippen MR) is 64.5 cm³/mol. The Hall–Kier alpha value is -2.37. The fraction of sp³-hybridized carbons (Fsp3) is 0.250. The third-order valence-corrected chi connectivity index (χ3v) is 2.36. The van der Waals surface area contributed by atoms with Crippen LogP contribution < -0.4 is 11.1 Å². The van der Waals surface area contributed by atoms with Crippen LogP contribution in [-0.2, 0) is 16.0 Å². The molecule has 1 aromatic carbocycles. The molecule has 0 radical (unpaired) electrons. The molecule has 0 aliphatic rings. The maximum atomic E-state index is 11.3. The predicted octanol–water partition coefficient (Wildman–Crippen LogP) is 0.362. The molecule has 0 saturated heterocycles. The lowest BCUT2D eigenvalue weighted by Gasteiger charge is -2.00. The molecule has 6 nitrogen and oxygen atoms in total. The Morgan fingerprint density at radius 1 is 1.33 bits per heavy atom. The summed E-state index contributed by atoms with van der Waals surface area (Å²) >= 11 is 0. The maximum absolute atomic E-state index is 11.3. The van der Waals surface area contributed by atoms with Gasteiger partial charge in [0.05, 0.1) is 6.54 Å². The van der Waals surface area contributed by atoms with Crippen molar-refractivity contribution in [3.63, 3.8) is 0 Å². The second kappa shape index (κ2) is 5.31. The molecule has 1 aromatic heterocycles. The summed E-state index contributed by atoms with van der Waals surface area (Å²) in [5, 5.41) is 2.40. The minimum absolute atomic E-state index is 0.146. The summed E-state index contributed by atoms with van der Waals surface area (Å²) in [4.78, 5) is 26.1. The highest BCUT2D eigenvalue weighted by molar-refractivity contribution is 5.83. The first-order valence-electron chi connectivity index (χ1n) is 5.54. The molecule has 2 aromatic rings. The summed E-state index contributed by atoms with van der Waals surface area (Å²) in [6.07, 6.45) is 0.597. The molecule has 0 aliphatic carbocycles. The van der Waals surface area contributed by atoms with Crippen LogP contribution in [0.15, 0.2) is 28.7 Å². The first-order chi connectivity index (χ1) is 8.65. The Balaban J connectivity index is 1.90. The third kappa shape index (κ3) is 3.07. The molecule has 0 spiro atoms. The molecule has 0 saturated carbocycles. The Labute approximate surface area is 103 Å². The number of aromatic nitrogens is 1. The van der Waals surface area contributed by atoms with Crippen LogP contribution in [-0.4, -0.2) is 23.3 Å². The fourth-order valence-electron chi connectivity index (χ4n) is 1.52. The Bertz CT molecular complexity index is 544. The number of carbonyl (C=O) groups is 2. The standard InChI is InChI=1S/C12H13N3O3/c13-10(16)7-14-11(17)5-6-12-15-8-3-1-2-4-9(8)18-12/h1-4H,5-7H2,(H2,13,16)(H,14,17). The Kier molecular flexibility index (Phi) is 3.57. The van der Waals surface area contributed by atoms with Gasteiger partial charge in [-0.1, -0.05) is 12.1 Å². The number of hydrogen-bond acceptors (Lipinski definition) is 4. The zero-order chi connectivity index (χ0) is 13.0. The summed E-state index contributed by atoms with van der Waals surface area (Å²) < 4.78 is 5.46. The van der Waals surface area contributed by atoms with Gasteiger partial charge in [0.25, 0.3) is 0 Å². The number of fused-ring (bicyclic) bond motifs is 1. The van der Waals surface area contributed by atoms with E-state index in [1.807, 2.05) is 24.3 Å². The van der Waals surface area contributed by atoms with E-state index < -0.39 is 5.91 Å². The van der Waals surface area contributed by atoms with E-state index >= 15 is 0 Å². The smallest absolute Gasteiger partial charge is 0.236 e. The van der Waals surface area contributed by atoms with E-state index in [2.05, 4.69) is 10.3 Å². The highest BCUT2D eigenvalue weighted by atomic mass is 16.3. The maximum Gasteiger partial charge on any atom is 0.236 e. The van der Waals surface area contributed by atoms with Gasteiger partial charge >= 0.3 is 0 Å². The molecule has 2 rings (SSSR count). The van der Waals surface area contributed by atoms with Crippen LogP contribution in [0.2, 0.25) is 0 Å². The van der Waals surface area contributed by atoms with Gasteiger partial charge in [0.1, 0.15) is 5.52 Å². The molecule has 1 heterocycles. The van der Waals surface area contributed by atoms with Gasteiger partial charge < -0.3 is 15.5 Å². The van der Waals surface area contributed by atoms with Crippen LogP contribution in [0.25, 0.3) is 11.1 Å². The first-order valence-corrected chi connectivity index (χ1v) is 5.54. The molecule has 18 heavy (non-hydrogen) atoms. The number of carbonyl (C=O) groups excluding carboxylic acids is 2. The van der Waals surface area contributed by atoms with Gasteiger partial charge in [-0.05, 0) is 12.1 Å². The van der Waals surface area contributed by atoms with Crippen molar-refractivity contribution in [2.45, 2.75) is 12.8 Å². The van der Waals surface area contributed by atoms with Crippen LogP contribution >= 0.6 is 0 Å². The molecule has 0 fully saturated rings. The highest BCUT2D eigenvalue weighted by Gasteiger charge is 2.08. The van der Waals surface area contributed by atoms with Crippen LogP contribution in [0.3, 0.4) is 0 Å². The number of aryl methyl sites for hydroxylation is 1. The Morgan fingerprint density at radius 3 is 2.83 bits per heavy atom.